The van der Waals surface area contributed by atoms with Gasteiger partial charge in [-0.1, -0.05) is 19.9 Å². The molecule has 1 atom stereocenters. The topological polar surface area (TPSA) is 79.8 Å². The standard InChI is InChI=1S/C25H28N6O/c1-5-15(2)23-16(3)27-14-28-25(23)31-8-9-32-22-7-6-18(10-20(22)13-31)19-11-21-24(26-12-19)30-17(4)29-21/h6-7,10-12,14-15H,5,8-9,13H2,1-4H3,(H,26,29,30). The second-order valence-electron chi connectivity index (χ2n) is 8.52. The molecule has 3 aromatic heterocycles. The van der Waals surface area contributed by atoms with Crippen molar-refractivity contribution in [2.24, 2.45) is 0 Å². The van der Waals surface area contributed by atoms with Crippen LogP contribution >= 0.6 is 0 Å². The number of H-pyrrole nitrogens is 1. The van der Waals surface area contributed by atoms with Crippen LogP contribution in [0.15, 0.2) is 36.8 Å². The zero-order valence-electron chi connectivity index (χ0n) is 19.0. The largest absolute Gasteiger partial charge is 0.491 e. The number of anilines is 1. The lowest BCUT2D eigenvalue weighted by Gasteiger charge is -2.26. The van der Waals surface area contributed by atoms with Gasteiger partial charge in [0.2, 0.25) is 0 Å². The molecule has 164 valence electrons. The van der Waals surface area contributed by atoms with Gasteiger partial charge in [-0.15, -0.1) is 0 Å². The van der Waals surface area contributed by atoms with Crippen LogP contribution in [-0.2, 0) is 6.54 Å². The number of fused-ring (bicyclic) bond motifs is 2. The van der Waals surface area contributed by atoms with E-state index < -0.39 is 0 Å². The van der Waals surface area contributed by atoms with Crippen LogP contribution in [0, 0.1) is 13.8 Å². The molecule has 0 saturated heterocycles. The number of rotatable bonds is 4. The van der Waals surface area contributed by atoms with Crippen molar-refractivity contribution in [3.63, 3.8) is 0 Å². The maximum absolute atomic E-state index is 6.10. The van der Waals surface area contributed by atoms with Crippen molar-refractivity contribution >= 4 is 17.0 Å². The molecule has 4 aromatic rings. The zero-order chi connectivity index (χ0) is 22.2. The fraction of sp³-hybridized carbons (Fsp3) is 0.360. The third kappa shape index (κ3) is 3.68. The lowest BCUT2D eigenvalue weighted by Crippen LogP contribution is -2.28. The number of aromatic nitrogens is 5. The smallest absolute Gasteiger partial charge is 0.177 e. The minimum Gasteiger partial charge on any atom is -0.491 e. The molecular weight excluding hydrogens is 400 g/mol. The maximum atomic E-state index is 6.10. The summed E-state index contributed by atoms with van der Waals surface area (Å²) in [5, 5.41) is 0. The van der Waals surface area contributed by atoms with Crippen molar-refractivity contribution in [2.75, 3.05) is 18.1 Å². The van der Waals surface area contributed by atoms with E-state index >= 15 is 0 Å². The van der Waals surface area contributed by atoms with E-state index in [9.17, 15) is 0 Å². The number of pyridine rings is 1. The quantitative estimate of drug-likeness (QED) is 0.496. The number of nitrogens with one attached hydrogen (secondary N) is 1. The Morgan fingerprint density at radius 1 is 1.12 bits per heavy atom. The summed E-state index contributed by atoms with van der Waals surface area (Å²) in [6.45, 7) is 10.6. The summed E-state index contributed by atoms with van der Waals surface area (Å²) < 4.78 is 6.10. The van der Waals surface area contributed by atoms with Gasteiger partial charge in [0, 0.05) is 35.1 Å². The normalized spacial score (nSPS) is 14.7. The molecule has 0 aliphatic carbocycles. The first-order chi connectivity index (χ1) is 15.5. The molecule has 0 bridgehead atoms. The molecule has 0 saturated carbocycles. The minimum atomic E-state index is 0.400. The van der Waals surface area contributed by atoms with E-state index in [0.717, 1.165) is 70.5 Å². The van der Waals surface area contributed by atoms with Gasteiger partial charge < -0.3 is 14.6 Å². The van der Waals surface area contributed by atoms with Crippen molar-refractivity contribution in [2.45, 2.75) is 46.6 Å². The maximum Gasteiger partial charge on any atom is 0.177 e. The molecule has 1 unspecified atom stereocenters. The van der Waals surface area contributed by atoms with Crippen LogP contribution in [0.25, 0.3) is 22.3 Å². The number of nitrogens with zero attached hydrogens (tertiary/aromatic N) is 5. The summed E-state index contributed by atoms with van der Waals surface area (Å²) >= 11 is 0. The summed E-state index contributed by atoms with van der Waals surface area (Å²) in [5.41, 5.74) is 7.29. The Morgan fingerprint density at radius 2 is 2.00 bits per heavy atom. The van der Waals surface area contributed by atoms with E-state index in [1.807, 2.05) is 13.1 Å². The van der Waals surface area contributed by atoms with E-state index in [2.05, 4.69) is 69.9 Å². The third-order valence-electron chi connectivity index (χ3n) is 6.30. The summed E-state index contributed by atoms with van der Waals surface area (Å²) in [6.07, 6.45) is 4.61. The molecule has 1 aliphatic heterocycles. The lowest BCUT2D eigenvalue weighted by molar-refractivity contribution is 0.331. The van der Waals surface area contributed by atoms with E-state index in [0.29, 0.717) is 12.5 Å². The number of benzene rings is 1. The zero-order valence-corrected chi connectivity index (χ0v) is 19.0. The van der Waals surface area contributed by atoms with Crippen molar-refractivity contribution in [1.29, 1.82) is 0 Å². The predicted molar refractivity (Wildman–Crippen MR) is 126 cm³/mol. The molecule has 0 amide bonds. The Bertz CT molecular complexity index is 1280. The molecule has 7 nitrogen and oxygen atoms in total. The summed E-state index contributed by atoms with van der Waals surface area (Å²) in [6, 6.07) is 8.47. The molecule has 7 heteroatoms. The van der Waals surface area contributed by atoms with Crippen LogP contribution in [0.1, 0.15) is 48.8 Å². The van der Waals surface area contributed by atoms with E-state index in [1.165, 1.54) is 5.56 Å². The molecule has 0 fully saturated rings. The average molecular weight is 429 g/mol. The van der Waals surface area contributed by atoms with E-state index in [-0.39, 0.29) is 0 Å². The van der Waals surface area contributed by atoms with Crippen LogP contribution in [0.3, 0.4) is 0 Å². The highest BCUT2D eigenvalue weighted by Crippen LogP contribution is 2.34. The highest BCUT2D eigenvalue weighted by molar-refractivity contribution is 5.78. The monoisotopic (exact) mass is 428 g/mol. The number of hydrogen-bond donors (Lipinski definition) is 1. The van der Waals surface area contributed by atoms with Gasteiger partial charge in [0.15, 0.2) is 5.65 Å². The molecule has 4 heterocycles. The number of aromatic amines is 1. The SMILES string of the molecule is CCC(C)c1c(C)ncnc1N1CCOc2ccc(-c3cnc4nc(C)[nH]c4c3)cc2C1. The van der Waals surface area contributed by atoms with Crippen molar-refractivity contribution in [3.8, 4) is 16.9 Å². The van der Waals surface area contributed by atoms with Crippen molar-refractivity contribution in [1.82, 2.24) is 24.9 Å². The van der Waals surface area contributed by atoms with Crippen molar-refractivity contribution in [3.05, 3.63) is 59.4 Å². The number of hydrogen-bond acceptors (Lipinski definition) is 6. The Hall–Kier alpha value is -3.48. The van der Waals surface area contributed by atoms with Gasteiger partial charge in [0.1, 0.15) is 30.3 Å². The lowest BCUT2D eigenvalue weighted by atomic mass is 9.97. The predicted octanol–water partition coefficient (Wildman–Crippen LogP) is 4.94. The first-order valence-electron chi connectivity index (χ1n) is 11.2. The molecule has 1 aromatic carbocycles. The molecule has 1 N–H and O–H groups in total. The summed E-state index contributed by atoms with van der Waals surface area (Å²) in [4.78, 5) is 23.7. The van der Waals surface area contributed by atoms with Gasteiger partial charge in [-0.2, -0.15) is 0 Å². The van der Waals surface area contributed by atoms with E-state index in [4.69, 9.17) is 9.72 Å². The van der Waals surface area contributed by atoms with Crippen molar-refractivity contribution < 1.29 is 4.74 Å². The van der Waals surface area contributed by atoms with Crippen LogP contribution in [-0.4, -0.2) is 38.1 Å². The Morgan fingerprint density at radius 3 is 2.84 bits per heavy atom. The minimum absolute atomic E-state index is 0.400. The first kappa shape index (κ1) is 20.4. The highest BCUT2D eigenvalue weighted by atomic mass is 16.5. The van der Waals surface area contributed by atoms with Gasteiger partial charge in [-0.25, -0.2) is 19.9 Å². The highest BCUT2D eigenvalue weighted by Gasteiger charge is 2.23. The Balaban J connectivity index is 1.52. The summed E-state index contributed by atoms with van der Waals surface area (Å²) in [5.74, 6) is 3.22. The number of aryl methyl sites for hydroxylation is 2. The van der Waals surface area contributed by atoms with E-state index in [1.54, 1.807) is 6.33 Å². The number of ether oxygens (including phenoxy) is 1. The van der Waals surface area contributed by atoms with Crippen LogP contribution in [0.2, 0.25) is 0 Å². The second-order valence-corrected chi connectivity index (χ2v) is 8.52. The fourth-order valence-electron chi connectivity index (χ4n) is 4.44. The fourth-order valence-corrected chi connectivity index (χ4v) is 4.44. The van der Waals surface area contributed by atoms with Crippen LogP contribution < -0.4 is 9.64 Å². The first-order valence-corrected chi connectivity index (χ1v) is 11.2. The Kier molecular flexibility index (Phi) is 5.25. The molecular formula is C25H28N6O. The van der Waals surface area contributed by atoms with Gasteiger partial charge >= 0.3 is 0 Å². The van der Waals surface area contributed by atoms with Gasteiger partial charge in [-0.3, -0.25) is 0 Å². The Labute approximate surface area is 187 Å². The molecule has 32 heavy (non-hydrogen) atoms. The average Bonchev–Trinajstić information content (AvgIpc) is 3.04. The van der Waals surface area contributed by atoms with Gasteiger partial charge in [-0.05, 0) is 49.9 Å². The van der Waals surface area contributed by atoms with Gasteiger partial charge in [0.05, 0.1) is 12.1 Å². The molecule has 0 spiro atoms. The van der Waals surface area contributed by atoms with Crippen LogP contribution in [0.5, 0.6) is 5.75 Å². The van der Waals surface area contributed by atoms with Crippen LogP contribution in [0.4, 0.5) is 5.82 Å². The van der Waals surface area contributed by atoms with Gasteiger partial charge in [0.25, 0.3) is 0 Å². The molecule has 0 radical (unpaired) electrons. The third-order valence-corrected chi connectivity index (χ3v) is 6.30. The summed E-state index contributed by atoms with van der Waals surface area (Å²) in [7, 11) is 0. The molecule has 5 rings (SSSR count). The second kappa shape index (κ2) is 8.22. The molecule has 1 aliphatic rings. The number of imidazole rings is 1.